The number of rotatable bonds is 7. The van der Waals surface area contributed by atoms with E-state index in [1.54, 1.807) is 0 Å². The van der Waals surface area contributed by atoms with Gasteiger partial charge in [-0.3, -0.25) is 5.43 Å². The summed E-state index contributed by atoms with van der Waals surface area (Å²) in [6.07, 6.45) is 2.31. The average molecular weight is 329 g/mol. The van der Waals surface area contributed by atoms with E-state index in [0.717, 1.165) is 43.0 Å². The normalized spacial score (nSPS) is 14.7. The summed E-state index contributed by atoms with van der Waals surface area (Å²) in [4.78, 5) is 6.62. The van der Waals surface area contributed by atoms with E-state index >= 15 is 0 Å². The van der Waals surface area contributed by atoms with E-state index in [9.17, 15) is 0 Å². The summed E-state index contributed by atoms with van der Waals surface area (Å²) in [5.41, 5.74) is 19.1. The van der Waals surface area contributed by atoms with Gasteiger partial charge in [0.25, 0.3) is 0 Å². The lowest BCUT2D eigenvalue weighted by Crippen LogP contribution is -2.31. The smallest absolute Gasteiger partial charge is 0.146 e. The van der Waals surface area contributed by atoms with Crippen molar-refractivity contribution in [3.05, 3.63) is 41.3 Å². The third-order valence-corrected chi connectivity index (χ3v) is 3.94. The van der Waals surface area contributed by atoms with E-state index in [4.69, 9.17) is 11.5 Å². The van der Waals surface area contributed by atoms with Crippen molar-refractivity contribution in [3.8, 4) is 0 Å². The summed E-state index contributed by atoms with van der Waals surface area (Å²) in [5.74, 6) is 1.14. The fourth-order valence-corrected chi connectivity index (χ4v) is 2.56. The molecule has 1 aromatic rings. The Labute approximate surface area is 143 Å². The topological polar surface area (TPSA) is 104 Å². The molecule has 24 heavy (non-hydrogen) atoms. The minimum atomic E-state index is 0.456. The fourth-order valence-electron chi connectivity index (χ4n) is 2.56. The highest BCUT2D eigenvalue weighted by Crippen LogP contribution is 2.22. The molecule has 1 aromatic carbocycles. The molecular weight excluding hydrogens is 302 g/mol. The summed E-state index contributed by atoms with van der Waals surface area (Å²) < 4.78 is 0. The molecule has 0 saturated carbocycles. The lowest BCUT2D eigenvalue weighted by molar-refractivity contribution is 0.358. The zero-order valence-corrected chi connectivity index (χ0v) is 14.6. The number of fused-ring (bicyclic) bond motifs is 1. The zero-order chi connectivity index (χ0) is 17.5. The number of likely N-dealkylation sites (N-methyl/N-ethyl adjacent to an activating group) is 2. The molecule has 0 atom stereocenters. The molecule has 0 fully saturated rings. The van der Waals surface area contributed by atoms with Crippen molar-refractivity contribution in [2.24, 2.45) is 21.6 Å². The van der Waals surface area contributed by atoms with Crippen LogP contribution in [0.15, 0.2) is 40.3 Å². The first kappa shape index (κ1) is 17.8. The molecule has 6 N–H and O–H groups in total. The van der Waals surface area contributed by atoms with Crippen LogP contribution in [-0.2, 0) is 6.42 Å². The first-order valence-corrected chi connectivity index (χ1v) is 8.17. The number of nitrogens with one attached hydrogen (secondary N) is 2. The molecule has 0 unspecified atom stereocenters. The van der Waals surface area contributed by atoms with Gasteiger partial charge in [-0.1, -0.05) is 0 Å². The predicted octanol–water partition coefficient (Wildman–Crippen LogP) is 1.03. The maximum Gasteiger partial charge on any atom is 0.146 e. The van der Waals surface area contributed by atoms with Gasteiger partial charge in [0, 0.05) is 43.5 Å². The number of benzene rings is 1. The second-order valence-electron chi connectivity index (χ2n) is 5.71. The van der Waals surface area contributed by atoms with Gasteiger partial charge in [0.15, 0.2) is 0 Å². The third kappa shape index (κ3) is 4.26. The quantitative estimate of drug-likeness (QED) is 0.442. The van der Waals surface area contributed by atoms with Gasteiger partial charge >= 0.3 is 0 Å². The molecule has 0 aliphatic carbocycles. The fraction of sp³-hybridized carbons (Fsp3) is 0.412. The van der Waals surface area contributed by atoms with Gasteiger partial charge in [0.1, 0.15) is 11.7 Å². The number of anilines is 1. The number of hydrogen-bond donors (Lipinski definition) is 4. The van der Waals surface area contributed by atoms with Crippen molar-refractivity contribution >= 4 is 17.2 Å². The van der Waals surface area contributed by atoms with Crippen molar-refractivity contribution in [2.75, 3.05) is 32.1 Å². The Morgan fingerprint density at radius 3 is 2.96 bits per heavy atom. The van der Waals surface area contributed by atoms with Crippen LogP contribution in [0.3, 0.4) is 0 Å². The number of aliphatic imine (C=N–C) groups is 1. The van der Waals surface area contributed by atoms with Crippen LogP contribution in [0.5, 0.6) is 0 Å². The van der Waals surface area contributed by atoms with Crippen LogP contribution < -0.4 is 22.2 Å². The highest BCUT2D eigenvalue weighted by Gasteiger charge is 2.12. The molecular formula is C17H27N7. The number of nitrogens with zero attached hydrogens (tertiary/aromatic N) is 3. The summed E-state index contributed by atoms with van der Waals surface area (Å²) in [7, 11) is 1.92. The molecule has 0 amide bonds. The van der Waals surface area contributed by atoms with E-state index < -0.39 is 0 Å². The van der Waals surface area contributed by atoms with Gasteiger partial charge in [-0.2, -0.15) is 5.10 Å². The van der Waals surface area contributed by atoms with Crippen LogP contribution in [0.25, 0.3) is 0 Å². The first-order valence-electron chi connectivity index (χ1n) is 8.17. The molecule has 0 spiro atoms. The molecule has 130 valence electrons. The van der Waals surface area contributed by atoms with E-state index in [1.165, 1.54) is 11.8 Å². The number of nitrogens with two attached hydrogens (primary N) is 2. The molecule has 0 saturated heterocycles. The zero-order valence-electron chi connectivity index (χ0n) is 14.6. The van der Waals surface area contributed by atoms with E-state index in [1.807, 2.05) is 26.1 Å². The van der Waals surface area contributed by atoms with Crippen LogP contribution in [0.1, 0.15) is 25.0 Å². The second-order valence-corrected chi connectivity index (χ2v) is 5.71. The van der Waals surface area contributed by atoms with Gasteiger partial charge in [0.05, 0.1) is 5.69 Å². The van der Waals surface area contributed by atoms with Gasteiger partial charge < -0.3 is 21.7 Å². The molecule has 0 aromatic heterocycles. The molecule has 1 aliphatic heterocycles. The van der Waals surface area contributed by atoms with Crippen molar-refractivity contribution in [1.29, 1.82) is 0 Å². The number of hydrazone groups is 1. The number of hydrogen-bond acceptors (Lipinski definition) is 6. The Hall–Kier alpha value is -2.54. The Balaban J connectivity index is 2.22. The maximum absolute atomic E-state index is 6.22. The summed E-state index contributed by atoms with van der Waals surface area (Å²) in [5, 5.41) is 7.36. The standard InChI is InChI=1S/C17H27N7/c1-4-24(8-7-20-3)16(11-18)21-17(19)13-5-6-15-14(10-13)9-12(2)22-23-15/h5-6,10-11,20,23H,4,7-9,18H2,1-3H3,(H2,19,21)/b16-11+. The summed E-state index contributed by atoms with van der Waals surface area (Å²) in [6.45, 7) is 6.54. The molecule has 2 rings (SSSR count). The lowest BCUT2D eigenvalue weighted by Gasteiger charge is -2.23. The van der Waals surface area contributed by atoms with Crippen LogP contribution in [0.4, 0.5) is 5.69 Å². The summed E-state index contributed by atoms with van der Waals surface area (Å²) in [6, 6.07) is 5.98. The molecule has 7 heteroatoms. The molecule has 1 heterocycles. The van der Waals surface area contributed by atoms with Crippen LogP contribution >= 0.6 is 0 Å². The lowest BCUT2D eigenvalue weighted by atomic mass is 10.0. The maximum atomic E-state index is 6.22. The molecule has 1 aliphatic rings. The SMILES string of the molecule is CCN(CCNC)C(=C/N)/N=C(\N)c1ccc2c(c1)CC(C)=NN2. The Kier molecular flexibility index (Phi) is 6.20. The van der Waals surface area contributed by atoms with Crippen molar-refractivity contribution in [3.63, 3.8) is 0 Å². The van der Waals surface area contributed by atoms with Gasteiger partial charge in [-0.15, -0.1) is 0 Å². The van der Waals surface area contributed by atoms with Crippen molar-refractivity contribution in [1.82, 2.24) is 10.2 Å². The van der Waals surface area contributed by atoms with Gasteiger partial charge in [0.2, 0.25) is 0 Å². The molecule has 7 nitrogen and oxygen atoms in total. The van der Waals surface area contributed by atoms with Crippen LogP contribution in [0, 0.1) is 0 Å². The highest BCUT2D eigenvalue weighted by molar-refractivity contribution is 5.99. The number of amidine groups is 1. The van der Waals surface area contributed by atoms with E-state index in [0.29, 0.717) is 11.7 Å². The largest absolute Gasteiger partial charge is 0.402 e. The van der Waals surface area contributed by atoms with E-state index in [-0.39, 0.29) is 0 Å². The Bertz CT molecular complexity index is 661. The Morgan fingerprint density at radius 2 is 2.29 bits per heavy atom. The molecule has 0 bridgehead atoms. The second kappa shape index (κ2) is 8.35. The Morgan fingerprint density at radius 1 is 1.50 bits per heavy atom. The van der Waals surface area contributed by atoms with Crippen LogP contribution in [0.2, 0.25) is 0 Å². The monoisotopic (exact) mass is 329 g/mol. The van der Waals surface area contributed by atoms with Gasteiger partial charge in [-0.25, -0.2) is 4.99 Å². The molecule has 0 radical (unpaired) electrons. The van der Waals surface area contributed by atoms with Crippen molar-refractivity contribution < 1.29 is 0 Å². The average Bonchev–Trinajstić information content (AvgIpc) is 2.60. The van der Waals surface area contributed by atoms with Crippen LogP contribution in [-0.4, -0.2) is 43.1 Å². The van der Waals surface area contributed by atoms with Crippen molar-refractivity contribution in [2.45, 2.75) is 20.3 Å². The predicted molar refractivity (Wildman–Crippen MR) is 101 cm³/mol. The van der Waals surface area contributed by atoms with E-state index in [2.05, 4.69) is 38.7 Å². The summed E-state index contributed by atoms with van der Waals surface area (Å²) >= 11 is 0. The minimum Gasteiger partial charge on any atom is -0.402 e. The highest BCUT2D eigenvalue weighted by atomic mass is 15.3. The first-order chi connectivity index (χ1) is 11.6. The van der Waals surface area contributed by atoms with Gasteiger partial charge in [-0.05, 0) is 44.7 Å². The third-order valence-electron chi connectivity index (χ3n) is 3.94. The minimum absolute atomic E-state index is 0.456.